The van der Waals surface area contributed by atoms with E-state index in [2.05, 4.69) is 52.5 Å². The third kappa shape index (κ3) is 3.88. The fourth-order valence-corrected chi connectivity index (χ4v) is 2.24. The van der Waals surface area contributed by atoms with E-state index in [-0.39, 0.29) is 0 Å². The molecule has 4 nitrogen and oxygen atoms in total. The van der Waals surface area contributed by atoms with Crippen LogP contribution in [0.5, 0.6) is 0 Å². The van der Waals surface area contributed by atoms with Crippen molar-refractivity contribution >= 4 is 11.7 Å². The number of aryl methyl sites for hydroxylation is 3. The highest BCUT2D eigenvalue weighted by atomic mass is 15.4. The molecule has 110 valence electrons. The highest BCUT2D eigenvalue weighted by molar-refractivity contribution is 6.00. The number of benzene rings is 1. The fraction of sp³-hybridized carbons (Fsp3) is 0.353. The van der Waals surface area contributed by atoms with Crippen LogP contribution in [0, 0.1) is 6.92 Å². The summed E-state index contributed by atoms with van der Waals surface area (Å²) in [4.78, 5) is 8.79. The van der Waals surface area contributed by atoms with Gasteiger partial charge in [0, 0.05) is 17.0 Å². The van der Waals surface area contributed by atoms with E-state index in [0.717, 1.165) is 35.5 Å². The fourth-order valence-electron chi connectivity index (χ4n) is 2.24. The summed E-state index contributed by atoms with van der Waals surface area (Å²) in [5.41, 5.74) is 8.34. The maximum atomic E-state index is 4.43. The van der Waals surface area contributed by atoms with Gasteiger partial charge in [-0.3, -0.25) is 0 Å². The molecule has 0 saturated heterocycles. The van der Waals surface area contributed by atoms with Gasteiger partial charge in [-0.2, -0.15) is 5.10 Å². The number of aromatic nitrogens is 2. The molecular formula is C17H22N4. The van der Waals surface area contributed by atoms with Gasteiger partial charge in [0.05, 0.1) is 5.71 Å². The molecule has 4 heteroatoms. The summed E-state index contributed by atoms with van der Waals surface area (Å²) in [6, 6.07) is 10.3. The standard InChI is InChI=1S/C17H22N4/c1-5-14-9-7-8-10-16(14)13(4)20-21-17-18-12(3)11-15(6-2)19-17/h7-11H,5-6H2,1-4H3,(H,18,19,21). The van der Waals surface area contributed by atoms with Crippen LogP contribution in [-0.2, 0) is 12.8 Å². The molecule has 0 radical (unpaired) electrons. The summed E-state index contributed by atoms with van der Waals surface area (Å²) < 4.78 is 0. The van der Waals surface area contributed by atoms with Crippen LogP contribution < -0.4 is 5.43 Å². The maximum absolute atomic E-state index is 4.43. The lowest BCUT2D eigenvalue weighted by molar-refractivity contribution is 0.969. The number of nitrogens with zero attached hydrogens (tertiary/aromatic N) is 3. The Balaban J connectivity index is 2.22. The molecule has 0 spiro atoms. The monoisotopic (exact) mass is 282 g/mol. The third-order valence-corrected chi connectivity index (χ3v) is 3.38. The van der Waals surface area contributed by atoms with Crippen molar-refractivity contribution in [2.75, 3.05) is 5.43 Å². The molecule has 0 atom stereocenters. The van der Waals surface area contributed by atoms with Gasteiger partial charge < -0.3 is 0 Å². The van der Waals surface area contributed by atoms with Crippen LogP contribution in [0.15, 0.2) is 35.4 Å². The van der Waals surface area contributed by atoms with Gasteiger partial charge in [-0.1, -0.05) is 38.1 Å². The zero-order valence-corrected chi connectivity index (χ0v) is 13.1. The lowest BCUT2D eigenvalue weighted by atomic mass is 10.0. The molecule has 0 bridgehead atoms. The van der Waals surface area contributed by atoms with E-state index >= 15 is 0 Å². The topological polar surface area (TPSA) is 50.2 Å². The molecule has 0 aliphatic heterocycles. The summed E-state index contributed by atoms with van der Waals surface area (Å²) >= 11 is 0. The first-order valence-corrected chi connectivity index (χ1v) is 7.37. The first kappa shape index (κ1) is 15.2. The van der Waals surface area contributed by atoms with Gasteiger partial charge in [-0.15, -0.1) is 0 Å². The zero-order chi connectivity index (χ0) is 15.2. The lowest BCUT2D eigenvalue weighted by Crippen LogP contribution is -2.06. The normalized spacial score (nSPS) is 11.5. The van der Waals surface area contributed by atoms with Crippen LogP contribution >= 0.6 is 0 Å². The molecule has 0 amide bonds. The summed E-state index contributed by atoms with van der Waals surface area (Å²) in [6.07, 6.45) is 1.88. The number of rotatable bonds is 5. The first-order valence-electron chi connectivity index (χ1n) is 7.37. The van der Waals surface area contributed by atoms with Gasteiger partial charge in [-0.25, -0.2) is 15.4 Å². The molecule has 0 aliphatic rings. The lowest BCUT2D eigenvalue weighted by Gasteiger charge is -2.08. The van der Waals surface area contributed by atoms with Gasteiger partial charge in [0.25, 0.3) is 0 Å². The average molecular weight is 282 g/mol. The highest BCUT2D eigenvalue weighted by Crippen LogP contribution is 2.11. The Kier molecular flexibility index (Phi) is 5.04. The molecule has 1 aromatic carbocycles. The van der Waals surface area contributed by atoms with Crippen molar-refractivity contribution in [3.05, 3.63) is 52.8 Å². The summed E-state index contributed by atoms with van der Waals surface area (Å²) in [5, 5.41) is 4.43. The third-order valence-electron chi connectivity index (χ3n) is 3.38. The van der Waals surface area contributed by atoms with E-state index in [0.29, 0.717) is 5.95 Å². The van der Waals surface area contributed by atoms with Gasteiger partial charge in [0.2, 0.25) is 5.95 Å². The summed E-state index contributed by atoms with van der Waals surface area (Å²) in [6.45, 7) is 8.20. The number of nitrogens with one attached hydrogen (secondary N) is 1. The zero-order valence-electron chi connectivity index (χ0n) is 13.1. The quantitative estimate of drug-likeness (QED) is 0.671. The number of anilines is 1. The second-order valence-corrected chi connectivity index (χ2v) is 5.00. The summed E-state index contributed by atoms with van der Waals surface area (Å²) in [5.74, 6) is 0.556. The van der Waals surface area contributed by atoms with Crippen molar-refractivity contribution < 1.29 is 0 Å². The Labute approximate surface area is 126 Å². The van der Waals surface area contributed by atoms with Crippen LogP contribution in [0.25, 0.3) is 0 Å². The number of hydrogen-bond acceptors (Lipinski definition) is 4. The van der Waals surface area contributed by atoms with E-state index in [4.69, 9.17) is 0 Å². The van der Waals surface area contributed by atoms with E-state index in [1.807, 2.05) is 26.0 Å². The minimum atomic E-state index is 0.556. The Morgan fingerprint density at radius 1 is 1.14 bits per heavy atom. The molecular weight excluding hydrogens is 260 g/mol. The van der Waals surface area contributed by atoms with Crippen molar-refractivity contribution in [1.82, 2.24) is 9.97 Å². The largest absolute Gasteiger partial charge is 0.245 e. The van der Waals surface area contributed by atoms with Gasteiger partial charge in [0.1, 0.15) is 0 Å². The molecule has 0 aliphatic carbocycles. The molecule has 1 heterocycles. The summed E-state index contributed by atoms with van der Waals surface area (Å²) in [7, 11) is 0. The van der Waals surface area contributed by atoms with Gasteiger partial charge in [0.15, 0.2) is 0 Å². The predicted molar refractivity (Wildman–Crippen MR) is 87.8 cm³/mol. The van der Waals surface area contributed by atoms with E-state index < -0.39 is 0 Å². The molecule has 2 rings (SSSR count). The Morgan fingerprint density at radius 3 is 2.62 bits per heavy atom. The predicted octanol–water partition coefficient (Wildman–Crippen LogP) is 3.75. The Bertz CT molecular complexity index is 647. The van der Waals surface area contributed by atoms with Crippen LogP contribution in [0.1, 0.15) is 43.3 Å². The van der Waals surface area contributed by atoms with Crippen LogP contribution in [-0.4, -0.2) is 15.7 Å². The van der Waals surface area contributed by atoms with Gasteiger partial charge in [-0.05, 0) is 38.3 Å². The highest BCUT2D eigenvalue weighted by Gasteiger charge is 2.04. The second kappa shape index (κ2) is 6.97. The Morgan fingerprint density at radius 2 is 1.90 bits per heavy atom. The minimum absolute atomic E-state index is 0.556. The first-order chi connectivity index (χ1) is 10.1. The molecule has 21 heavy (non-hydrogen) atoms. The van der Waals surface area contributed by atoms with Gasteiger partial charge >= 0.3 is 0 Å². The minimum Gasteiger partial charge on any atom is -0.245 e. The van der Waals surface area contributed by atoms with Crippen molar-refractivity contribution in [2.45, 2.75) is 40.5 Å². The van der Waals surface area contributed by atoms with E-state index in [1.165, 1.54) is 5.56 Å². The SMILES string of the molecule is CCc1cc(C)nc(NN=C(C)c2ccccc2CC)n1. The van der Waals surface area contributed by atoms with Crippen LogP contribution in [0.3, 0.4) is 0 Å². The van der Waals surface area contributed by atoms with Crippen LogP contribution in [0.2, 0.25) is 0 Å². The van der Waals surface area contributed by atoms with Crippen LogP contribution in [0.4, 0.5) is 5.95 Å². The van der Waals surface area contributed by atoms with E-state index in [1.54, 1.807) is 0 Å². The molecule has 0 unspecified atom stereocenters. The molecule has 0 fully saturated rings. The molecule has 1 aromatic heterocycles. The van der Waals surface area contributed by atoms with Crippen molar-refractivity contribution in [3.63, 3.8) is 0 Å². The van der Waals surface area contributed by atoms with E-state index in [9.17, 15) is 0 Å². The Hall–Kier alpha value is -2.23. The number of hydrazone groups is 1. The maximum Gasteiger partial charge on any atom is 0.243 e. The van der Waals surface area contributed by atoms with Crippen molar-refractivity contribution in [1.29, 1.82) is 0 Å². The average Bonchev–Trinajstić information content (AvgIpc) is 2.52. The molecule has 0 saturated carbocycles. The second-order valence-electron chi connectivity index (χ2n) is 5.00. The van der Waals surface area contributed by atoms with Crippen molar-refractivity contribution in [3.8, 4) is 0 Å². The van der Waals surface area contributed by atoms with Crippen molar-refractivity contribution in [2.24, 2.45) is 5.10 Å². The number of hydrogen-bond donors (Lipinski definition) is 1. The molecule has 2 aromatic rings. The smallest absolute Gasteiger partial charge is 0.243 e. The molecule has 1 N–H and O–H groups in total.